The van der Waals surface area contributed by atoms with Crippen LogP contribution in [-0.4, -0.2) is 27.0 Å². The number of nitrogens with two attached hydrogens (primary N) is 1. The third kappa shape index (κ3) is 2.58. The van der Waals surface area contributed by atoms with Crippen molar-refractivity contribution in [3.05, 3.63) is 58.8 Å². The van der Waals surface area contributed by atoms with Crippen LogP contribution in [0, 0.1) is 11.2 Å². The molecule has 3 N–H and O–H groups in total. The summed E-state index contributed by atoms with van der Waals surface area (Å²) in [6.45, 7) is 0.230. The van der Waals surface area contributed by atoms with Crippen LogP contribution in [0.4, 0.5) is 4.39 Å². The van der Waals surface area contributed by atoms with Crippen molar-refractivity contribution >= 4 is 28.2 Å². The SMILES string of the molecule is N=C(CN)c1nn(Cc2ncccc2F)c2cc(Cl)ccc12. The molecule has 2 aromatic heterocycles. The number of halogens is 2. The van der Waals surface area contributed by atoms with Gasteiger partial charge in [-0.05, 0) is 30.3 Å². The topological polar surface area (TPSA) is 80.6 Å². The molecule has 112 valence electrons. The van der Waals surface area contributed by atoms with Gasteiger partial charge in [0.25, 0.3) is 0 Å². The van der Waals surface area contributed by atoms with Gasteiger partial charge in [-0.1, -0.05) is 11.6 Å². The molecule has 0 aliphatic rings. The van der Waals surface area contributed by atoms with E-state index in [0.29, 0.717) is 16.2 Å². The first-order valence-electron chi connectivity index (χ1n) is 6.63. The van der Waals surface area contributed by atoms with Crippen molar-refractivity contribution < 1.29 is 4.39 Å². The lowest BCUT2D eigenvalue weighted by molar-refractivity contribution is 0.576. The highest BCUT2D eigenvalue weighted by atomic mass is 35.5. The minimum Gasteiger partial charge on any atom is -0.325 e. The molecule has 0 aliphatic heterocycles. The Kier molecular flexibility index (Phi) is 3.87. The van der Waals surface area contributed by atoms with Crippen LogP contribution in [0.5, 0.6) is 0 Å². The molecule has 0 aliphatic carbocycles. The molecule has 3 rings (SSSR count). The summed E-state index contributed by atoms with van der Waals surface area (Å²) >= 11 is 6.04. The van der Waals surface area contributed by atoms with Crippen molar-refractivity contribution in [2.24, 2.45) is 5.73 Å². The largest absolute Gasteiger partial charge is 0.325 e. The van der Waals surface area contributed by atoms with Gasteiger partial charge in [0.1, 0.15) is 11.5 Å². The van der Waals surface area contributed by atoms with E-state index < -0.39 is 5.82 Å². The van der Waals surface area contributed by atoms with Crippen molar-refractivity contribution in [3.63, 3.8) is 0 Å². The smallest absolute Gasteiger partial charge is 0.146 e. The Morgan fingerprint density at radius 2 is 2.18 bits per heavy atom. The summed E-state index contributed by atoms with van der Waals surface area (Å²) in [5, 5.41) is 13.6. The first kappa shape index (κ1) is 14.6. The standard InChI is InChI=1S/C15H13ClFN5/c16-9-3-4-10-14(6-9)22(21-15(10)12(19)7-18)8-13-11(17)2-1-5-20-13/h1-6,19H,7-8,18H2. The summed E-state index contributed by atoms with van der Waals surface area (Å²) in [4.78, 5) is 4.03. The van der Waals surface area contributed by atoms with Gasteiger partial charge < -0.3 is 11.1 Å². The normalized spacial score (nSPS) is 11.0. The molecule has 7 heteroatoms. The van der Waals surface area contributed by atoms with Crippen LogP contribution in [0.3, 0.4) is 0 Å². The summed E-state index contributed by atoms with van der Waals surface area (Å²) in [7, 11) is 0. The van der Waals surface area contributed by atoms with Crippen LogP contribution in [0.2, 0.25) is 5.02 Å². The Morgan fingerprint density at radius 3 is 2.91 bits per heavy atom. The number of benzene rings is 1. The molecule has 5 nitrogen and oxygen atoms in total. The van der Waals surface area contributed by atoms with E-state index in [-0.39, 0.29) is 24.5 Å². The van der Waals surface area contributed by atoms with E-state index in [2.05, 4.69) is 10.1 Å². The average Bonchev–Trinajstić information content (AvgIpc) is 2.87. The average molecular weight is 318 g/mol. The molecule has 1 aromatic carbocycles. The van der Waals surface area contributed by atoms with Crippen LogP contribution in [0.25, 0.3) is 10.9 Å². The van der Waals surface area contributed by atoms with Crippen LogP contribution < -0.4 is 5.73 Å². The zero-order valence-corrected chi connectivity index (χ0v) is 12.3. The van der Waals surface area contributed by atoms with Gasteiger partial charge in [0.2, 0.25) is 0 Å². The maximum absolute atomic E-state index is 13.8. The molecule has 0 atom stereocenters. The number of rotatable bonds is 4. The Labute approximate surface area is 131 Å². The van der Waals surface area contributed by atoms with Gasteiger partial charge in [0, 0.05) is 23.2 Å². The summed E-state index contributed by atoms with van der Waals surface area (Å²) in [5.41, 5.74) is 7.22. The van der Waals surface area contributed by atoms with E-state index in [0.717, 1.165) is 5.39 Å². The molecule has 0 saturated heterocycles. The van der Waals surface area contributed by atoms with E-state index in [1.54, 1.807) is 22.9 Å². The molecule has 22 heavy (non-hydrogen) atoms. The van der Waals surface area contributed by atoms with Crippen molar-refractivity contribution in [3.8, 4) is 0 Å². The van der Waals surface area contributed by atoms with Crippen LogP contribution >= 0.6 is 11.6 Å². The Hall–Kier alpha value is -2.31. The van der Waals surface area contributed by atoms with Crippen LogP contribution in [0.1, 0.15) is 11.4 Å². The zero-order valence-electron chi connectivity index (χ0n) is 11.6. The van der Waals surface area contributed by atoms with Crippen LogP contribution in [0.15, 0.2) is 36.5 Å². The van der Waals surface area contributed by atoms with E-state index in [9.17, 15) is 4.39 Å². The van der Waals surface area contributed by atoms with Crippen molar-refractivity contribution in [1.82, 2.24) is 14.8 Å². The van der Waals surface area contributed by atoms with Gasteiger partial charge in [0.15, 0.2) is 0 Å². The number of aromatic nitrogens is 3. The molecule has 0 unspecified atom stereocenters. The number of nitrogens with zero attached hydrogens (tertiary/aromatic N) is 3. The quantitative estimate of drug-likeness (QED) is 0.726. The van der Waals surface area contributed by atoms with Crippen LogP contribution in [-0.2, 0) is 6.54 Å². The third-order valence-corrected chi connectivity index (χ3v) is 3.57. The molecule has 0 spiro atoms. The van der Waals surface area contributed by atoms with Gasteiger partial charge in [0.05, 0.1) is 23.5 Å². The van der Waals surface area contributed by atoms with E-state index in [1.165, 1.54) is 18.3 Å². The molecule has 0 saturated carbocycles. The minimum absolute atomic E-state index is 0.0761. The molecular weight excluding hydrogens is 305 g/mol. The number of nitrogens with one attached hydrogen (secondary N) is 1. The van der Waals surface area contributed by atoms with E-state index >= 15 is 0 Å². The molecule has 0 bridgehead atoms. The van der Waals surface area contributed by atoms with Gasteiger partial charge in [-0.3, -0.25) is 9.67 Å². The molecule has 0 amide bonds. The van der Waals surface area contributed by atoms with Crippen molar-refractivity contribution in [2.75, 3.05) is 6.54 Å². The number of pyridine rings is 1. The van der Waals surface area contributed by atoms with Gasteiger partial charge in [-0.25, -0.2) is 4.39 Å². The highest BCUT2D eigenvalue weighted by Crippen LogP contribution is 2.24. The van der Waals surface area contributed by atoms with Gasteiger partial charge in [-0.15, -0.1) is 0 Å². The Bertz CT molecular complexity index is 858. The fourth-order valence-electron chi connectivity index (χ4n) is 2.26. The fourth-order valence-corrected chi connectivity index (χ4v) is 2.43. The zero-order chi connectivity index (χ0) is 15.7. The van der Waals surface area contributed by atoms with E-state index in [1.807, 2.05) is 0 Å². The number of hydrogen-bond donors (Lipinski definition) is 2. The van der Waals surface area contributed by atoms with Gasteiger partial charge >= 0.3 is 0 Å². The first-order valence-corrected chi connectivity index (χ1v) is 7.01. The van der Waals surface area contributed by atoms with Crippen molar-refractivity contribution in [1.29, 1.82) is 5.41 Å². The van der Waals surface area contributed by atoms with Crippen molar-refractivity contribution in [2.45, 2.75) is 6.54 Å². The first-order chi connectivity index (χ1) is 10.6. The minimum atomic E-state index is -0.399. The third-order valence-electron chi connectivity index (χ3n) is 3.34. The maximum atomic E-state index is 13.8. The second kappa shape index (κ2) is 5.82. The monoisotopic (exact) mass is 317 g/mol. The molecule has 2 heterocycles. The Balaban J connectivity index is 2.15. The summed E-state index contributed by atoms with van der Waals surface area (Å²) in [5.74, 6) is -0.399. The van der Waals surface area contributed by atoms with E-state index in [4.69, 9.17) is 22.7 Å². The molecular formula is C15H13ClFN5. The molecule has 0 fully saturated rings. The predicted molar refractivity (Wildman–Crippen MR) is 83.9 cm³/mol. The second-order valence-electron chi connectivity index (χ2n) is 4.78. The lowest BCUT2D eigenvalue weighted by Gasteiger charge is -2.04. The van der Waals surface area contributed by atoms with Gasteiger partial charge in [-0.2, -0.15) is 5.10 Å². The lowest BCUT2D eigenvalue weighted by Crippen LogP contribution is -2.15. The highest BCUT2D eigenvalue weighted by molar-refractivity contribution is 6.31. The second-order valence-corrected chi connectivity index (χ2v) is 5.22. The highest BCUT2D eigenvalue weighted by Gasteiger charge is 2.15. The molecule has 0 radical (unpaired) electrons. The summed E-state index contributed by atoms with van der Waals surface area (Å²) in [6.07, 6.45) is 1.53. The summed E-state index contributed by atoms with van der Waals surface area (Å²) < 4.78 is 15.4. The molecule has 3 aromatic rings. The Morgan fingerprint density at radius 1 is 1.36 bits per heavy atom. The fraction of sp³-hybridized carbons (Fsp3) is 0.133. The predicted octanol–water partition coefficient (Wildman–Crippen LogP) is 2.60. The summed E-state index contributed by atoms with van der Waals surface area (Å²) in [6, 6.07) is 8.13. The number of hydrogen-bond acceptors (Lipinski definition) is 4. The maximum Gasteiger partial charge on any atom is 0.146 e. The lowest BCUT2D eigenvalue weighted by atomic mass is 10.1. The number of fused-ring (bicyclic) bond motifs is 1.